The number of methoxy groups -OCH3 is 1. The van der Waals surface area contributed by atoms with Crippen LogP contribution in [0.2, 0.25) is 0 Å². The van der Waals surface area contributed by atoms with Gasteiger partial charge in [-0.05, 0) is 49.6 Å². The van der Waals surface area contributed by atoms with Crippen LogP contribution in [0.5, 0.6) is 5.75 Å². The zero-order valence-corrected chi connectivity index (χ0v) is 16.8. The Morgan fingerprint density at radius 2 is 1.86 bits per heavy atom. The molecule has 0 aliphatic carbocycles. The van der Waals surface area contributed by atoms with Crippen molar-refractivity contribution in [2.24, 2.45) is 0 Å². The molecule has 1 N–H and O–H groups in total. The molecule has 0 aliphatic heterocycles. The van der Waals surface area contributed by atoms with E-state index in [1.54, 1.807) is 7.11 Å². The van der Waals surface area contributed by atoms with E-state index >= 15 is 0 Å². The molecular formula is C23H29N3O2. The van der Waals surface area contributed by atoms with Gasteiger partial charge in [0.25, 0.3) is 0 Å². The Bertz CT molecular complexity index is 900. The molecule has 1 aromatic heterocycles. The van der Waals surface area contributed by atoms with Gasteiger partial charge in [0.2, 0.25) is 5.91 Å². The van der Waals surface area contributed by atoms with Gasteiger partial charge in [0.1, 0.15) is 11.6 Å². The van der Waals surface area contributed by atoms with E-state index in [9.17, 15) is 4.79 Å². The Morgan fingerprint density at radius 1 is 1.07 bits per heavy atom. The van der Waals surface area contributed by atoms with Crippen LogP contribution in [0.4, 0.5) is 0 Å². The molecule has 0 spiro atoms. The van der Waals surface area contributed by atoms with E-state index in [0.717, 1.165) is 61.4 Å². The molecule has 0 bridgehead atoms. The molecule has 1 heterocycles. The van der Waals surface area contributed by atoms with Crippen molar-refractivity contribution in [1.29, 1.82) is 0 Å². The summed E-state index contributed by atoms with van der Waals surface area (Å²) in [5, 5.41) is 3.01. The lowest BCUT2D eigenvalue weighted by Gasteiger charge is -2.07. The second-order valence-electron chi connectivity index (χ2n) is 6.95. The summed E-state index contributed by atoms with van der Waals surface area (Å²) in [4.78, 5) is 16.8. The van der Waals surface area contributed by atoms with E-state index in [-0.39, 0.29) is 5.91 Å². The smallest absolute Gasteiger partial charge is 0.224 e. The Balaban J connectivity index is 1.36. The molecule has 5 nitrogen and oxygen atoms in total. The first kappa shape index (κ1) is 19.9. The maximum atomic E-state index is 12.0. The summed E-state index contributed by atoms with van der Waals surface area (Å²) in [5.41, 5.74) is 3.28. The van der Waals surface area contributed by atoms with Crippen molar-refractivity contribution < 1.29 is 9.53 Å². The molecule has 0 unspecified atom stereocenters. The molecule has 1 amide bonds. The highest BCUT2D eigenvalue weighted by atomic mass is 16.5. The summed E-state index contributed by atoms with van der Waals surface area (Å²) in [6.07, 6.45) is 4.53. The van der Waals surface area contributed by atoms with Crippen LogP contribution in [0.1, 0.15) is 37.6 Å². The fourth-order valence-corrected chi connectivity index (χ4v) is 3.47. The van der Waals surface area contributed by atoms with E-state index in [0.29, 0.717) is 6.42 Å². The lowest BCUT2D eigenvalue weighted by Crippen LogP contribution is -2.26. The minimum Gasteiger partial charge on any atom is -0.497 e. The van der Waals surface area contributed by atoms with E-state index < -0.39 is 0 Å². The Kier molecular flexibility index (Phi) is 7.06. The molecule has 2 aromatic carbocycles. The minimum atomic E-state index is 0.0675. The molecule has 0 saturated heterocycles. The number of nitrogens with one attached hydrogen (secondary N) is 1. The first-order valence-corrected chi connectivity index (χ1v) is 10.0. The summed E-state index contributed by atoms with van der Waals surface area (Å²) in [6, 6.07) is 15.9. The zero-order chi connectivity index (χ0) is 19.8. The zero-order valence-electron chi connectivity index (χ0n) is 16.8. The third-order valence-corrected chi connectivity index (χ3v) is 4.97. The number of carbonyl (C=O) groups is 1. The molecule has 3 rings (SSSR count). The molecule has 148 valence electrons. The minimum absolute atomic E-state index is 0.0675. The molecule has 0 aliphatic rings. The van der Waals surface area contributed by atoms with Gasteiger partial charge in [-0.25, -0.2) is 4.98 Å². The van der Waals surface area contributed by atoms with Crippen LogP contribution in [0.25, 0.3) is 11.0 Å². The van der Waals surface area contributed by atoms with E-state index in [2.05, 4.69) is 35.0 Å². The van der Waals surface area contributed by atoms with Crippen LogP contribution in [0, 0.1) is 0 Å². The maximum absolute atomic E-state index is 12.0. The number of aryl methyl sites for hydroxylation is 2. The Morgan fingerprint density at radius 3 is 2.61 bits per heavy atom. The Labute approximate surface area is 166 Å². The number of carbonyl (C=O) groups excluding carboxylic acids is 1. The van der Waals surface area contributed by atoms with Crippen LogP contribution in [-0.2, 0) is 24.2 Å². The lowest BCUT2D eigenvalue weighted by atomic mass is 10.1. The Hall–Kier alpha value is -2.82. The average molecular weight is 380 g/mol. The normalized spacial score (nSPS) is 10.9. The number of para-hydroxylation sites is 2. The van der Waals surface area contributed by atoms with Crippen molar-refractivity contribution >= 4 is 16.9 Å². The number of benzene rings is 2. The summed E-state index contributed by atoms with van der Waals surface area (Å²) in [6.45, 7) is 3.83. The van der Waals surface area contributed by atoms with Gasteiger partial charge < -0.3 is 14.6 Å². The van der Waals surface area contributed by atoms with Gasteiger partial charge in [-0.2, -0.15) is 0 Å². The van der Waals surface area contributed by atoms with Gasteiger partial charge in [-0.3, -0.25) is 4.79 Å². The summed E-state index contributed by atoms with van der Waals surface area (Å²) >= 11 is 0. The average Bonchev–Trinajstić information content (AvgIpc) is 3.08. The number of amides is 1. The van der Waals surface area contributed by atoms with Crippen LogP contribution in [0.15, 0.2) is 48.5 Å². The fraction of sp³-hybridized carbons (Fsp3) is 0.391. The largest absolute Gasteiger partial charge is 0.497 e. The van der Waals surface area contributed by atoms with E-state index in [1.807, 2.05) is 30.3 Å². The SMILES string of the molecule is CCn1c(CCCCCNC(=O)Cc2ccc(OC)cc2)nc2ccccc21. The standard InChI is InChI=1S/C23H29N3O2/c1-3-26-21-10-7-6-9-20(21)25-22(26)11-5-4-8-16-24-23(27)17-18-12-14-19(28-2)15-13-18/h6-7,9-10,12-15H,3-5,8,11,16-17H2,1-2H3,(H,24,27). The third-order valence-electron chi connectivity index (χ3n) is 4.97. The third kappa shape index (κ3) is 5.12. The van der Waals surface area contributed by atoms with Crippen molar-refractivity contribution in [2.75, 3.05) is 13.7 Å². The lowest BCUT2D eigenvalue weighted by molar-refractivity contribution is -0.120. The number of hydrogen-bond donors (Lipinski definition) is 1. The quantitative estimate of drug-likeness (QED) is 0.539. The summed E-state index contributed by atoms with van der Waals surface area (Å²) in [7, 11) is 1.64. The number of nitrogens with zero attached hydrogens (tertiary/aromatic N) is 2. The molecule has 0 radical (unpaired) electrons. The van der Waals surface area contributed by atoms with Crippen molar-refractivity contribution in [3.8, 4) is 5.75 Å². The number of hydrogen-bond acceptors (Lipinski definition) is 3. The number of unbranched alkanes of at least 4 members (excludes halogenated alkanes) is 2. The van der Waals surface area contributed by atoms with Gasteiger partial charge in [0.05, 0.1) is 24.6 Å². The predicted octanol–water partition coefficient (Wildman–Crippen LogP) is 4.14. The number of rotatable bonds is 10. The van der Waals surface area contributed by atoms with Crippen molar-refractivity contribution in [3.63, 3.8) is 0 Å². The van der Waals surface area contributed by atoms with Crippen LogP contribution in [-0.4, -0.2) is 29.1 Å². The first-order chi connectivity index (χ1) is 13.7. The summed E-state index contributed by atoms with van der Waals surface area (Å²) in [5.74, 6) is 2.03. The topological polar surface area (TPSA) is 56.2 Å². The molecule has 0 fully saturated rings. The predicted molar refractivity (Wildman–Crippen MR) is 113 cm³/mol. The van der Waals surface area contributed by atoms with Gasteiger partial charge >= 0.3 is 0 Å². The highest BCUT2D eigenvalue weighted by molar-refractivity contribution is 5.78. The molecule has 28 heavy (non-hydrogen) atoms. The number of aromatic nitrogens is 2. The number of ether oxygens (including phenoxy) is 1. The van der Waals surface area contributed by atoms with Crippen LogP contribution < -0.4 is 10.1 Å². The maximum Gasteiger partial charge on any atom is 0.224 e. The molecule has 0 atom stereocenters. The second-order valence-corrected chi connectivity index (χ2v) is 6.95. The highest BCUT2D eigenvalue weighted by Gasteiger charge is 2.08. The number of fused-ring (bicyclic) bond motifs is 1. The van der Waals surface area contributed by atoms with Crippen molar-refractivity contribution in [1.82, 2.24) is 14.9 Å². The summed E-state index contributed by atoms with van der Waals surface area (Å²) < 4.78 is 7.43. The van der Waals surface area contributed by atoms with Crippen molar-refractivity contribution in [3.05, 3.63) is 59.9 Å². The highest BCUT2D eigenvalue weighted by Crippen LogP contribution is 2.17. The van der Waals surface area contributed by atoms with Gasteiger partial charge in [0, 0.05) is 19.5 Å². The first-order valence-electron chi connectivity index (χ1n) is 10.0. The second kappa shape index (κ2) is 9.93. The monoisotopic (exact) mass is 379 g/mol. The van der Waals surface area contributed by atoms with E-state index in [1.165, 1.54) is 5.52 Å². The van der Waals surface area contributed by atoms with Crippen LogP contribution >= 0.6 is 0 Å². The van der Waals surface area contributed by atoms with Gasteiger partial charge in [0.15, 0.2) is 0 Å². The van der Waals surface area contributed by atoms with Crippen molar-refractivity contribution in [2.45, 2.75) is 45.6 Å². The molecular weight excluding hydrogens is 350 g/mol. The fourth-order valence-electron chi connectivity index (χ4n) is 3.47. The molecule has 3 aromatic rings. The number of imidazole rings is 1. The van der Waals surface area contributed by atoms with Gasteiger partial charge in [-0.15, -0.1) is 0 Å². The van der Waals surface area contributed by atoms with Crippen LogP contribution in [0.3, 0.4) is 0 Å². The van der Waals surface area contributed by atoms with Gasteiger partial charge in [-0.1, -0.05) is 30.7 Å². The molecule has 0 saturated carbocycles. The van der Waals surface area contributed by atoms with E-state index in [4.69, 9.17) is 9.72 Å². The molecule has 5 heteroatoms.